The van der Waals surface area contributed by atoms with Crippen molar-refractivity contribution >= 4 is 56.9 Å². The number of nitrogens with one attached hydrogen (secondary N) is 1. The molecule has 0 bridgehead atoms. The van der Waals surface area contributed by atoms with Crippen molar-refractivity contribution in [1.29, 1.82) is 0 Å². The number of H-pyrrole nitrogens is 1. The van der Waals surface area contributed by atoms with Gasteiger partial charge in [-0.3, -0.25) is 14.4 Å². The number of benzene rings is 3. The first-order valence-electron chi connectivity index (χ1n) is 11.5. The van der Waals surface area contributed by atoms with E-state index in [2.05, 4.69) is 27.6 Å². The molecule has 0 aliphatic carbocycles. The highest BCUT2D eigenvalue weighted by atomic mass is 127. The summed E-state index contributed by atoms with van der Waals surface area (Å²) in [6.45, 7) is 2.28. The fourth-order valence-corrected chi connectivity index (χ4v) is 4.92. The van der Waals surface area contributed by atoms with E-state index in [1.807, 2.05) is 61.7 Å². The van der Waals surface area contributed by atoms with E-state index in [0.717, 1.165) is 25.6 Å². The Labute approximate surface area is 217 Å². The molecule has 1 aliphatic rings. The highest BCUT2D eigenvalue weighted by Gasteiger charge is 2.44. The van der Waals surface area contributed by atoms with E-state index in [1.165, 1.54) is 4.90 Å². The number of nitrogens with zero attached hydrogens (tertiary/aromatic N) is 2. The molecular weight excluding hydrogens is 553 g/mol. The van der Waals surface area contributed by atoms with Gasteiger partial charge in [0, 0.05) is 32.8 Å². The van der Waals surface area contributed by atoms with E-state index < -0.39 is 6.04 Å². The van der Waals surface area contributed by atoms with Gasteiger partial charge < -0.3 is 9.88 Å². The van der Waals surface area contributed by atoms with Crippen molar-refractivity contribution in [3.63, 3.8) is 0 Å². The fourth-order valence-electron chi connectivity index (χ4n) is 4.56. The van der Waals surface area contributed by atoms with Crippen LogP contribution in [0.15, 0.2) is 79.0 Å². The van der Waals surface area contributed by atoms with Gasteiger partial charge in [0.05, 0.1) is 12.1 Å². The molecule has 1 aromatic heterocycles. The number of para-hydroxylation sites is 1. The van der Waals surface area contributed by atoms with Crippen molar-refractivity contribution in [2.24, 2.45) is 0 Å². The van der Waals surface area contributed by atoms with Gasteiger partial charge in [0.15, 0.2) is 0 Å². The summed E-state index contributed by atoms with van der Waals surface area (Å²) < 4.78 is 1.01. The molecule has 1 fully saturated rings. The molecule has 1 atom stereocenters. The molecule has 7 heteroatoms. The lowest BCUT2D eigenvalue weighted by atomic mass is 10.1. The second-order valence-electron chi connectivity index (χ2n) is 8.74. The lowest BCUT2D eigenvalue weighted by molar-refractivity contribution is -0.122. The third kappa shape index (κ3) is 4.60. The van der Waals surface area contributed by atoms with Crippen LogP contribution in [-0.2, 0) is 16.0 Å². The topological polar surface area (TPSA) is 73.5 Å². The zero-order chi connectivity index (χ0) is 24.5. The van der Waals surface area contributed by atoms with Crippen molar-refractivity contribution in [2.75, 3.05) is 11.4 Å². The Morgan fingerprint density at radius 3 is 2.49 bits per heavy atom. The number of aryl methyl sites for hydroxylation is 1. The number of anilines is 1. The van der Waals surface area contributed by atoms with Crippen LogP contribution in [0.3, 0.4) is 0 Å². The monoisotopic (exact) mass is 577 g/mol. The summed E-state index contributed by atoms with van der Waals surface area (Å²) in [5, 5.41) is 1.09. The van der Waals surface area contributed by atoms with E-state index in [-0.39, 0.29) is 24.1 Å². The zero-order valence-corrected chi connectivity index (χ0v) is 21.4. The molecule has 1 aliphatic heterocycles. The van der Waals surface area contributed by atoms with Crippen LogP contribution in [0.4, 0.5) is 5.69 Å². The Hall–Kier alpha value is -3.46. The number of hydrogen-bond donors (Lipinski definition) is 1. The molecule has 0 spiro atoms. The van der Waals surface area contributed by atoms with Crippen molar-refractivity contribution in [1.82, 2.24) is 9.88 Å². The van der Waals surface area contributed by atoms with Crippen molar-refractivity contribution in [3.05, 3.63) is 99.3 Å². The van der Waals surface area contributed by atoms with Crippen LogP contribution in [0.1, 0.15) is 27.9 Å². The largest absolute Gasteiger partial charge is 0.361 e. The number of fused-ring (bicyclic) bond motifs is 1. The van der Waals surface area contributed by atoms with Crippen LogP contribution in [0.5, 0.6) is 0 Å². The van der Waals surface area contributed by atoms with Crippen LogP contribution in [0.2, 0.25) is 0 Å². The normalized spacial score (nSPS) is 15.7. The van der Waals surface area contributed by atoms with Crippen molar-refractivity contribution in [2.45, 2.75) is 25.8 Å². The molecule has 3 amide bonds. The summed E-state index contributed by atoms with van der Waals surface area (Å²) in [5.74, 6) is -0.911. The summed E-state index contributed by atoms with van der Waals surface area (Å²) in [7, 11) is 0. The Bertz CT molecular complexity index is 1410. The molecule has 35 heavy (non-hydrogen) atoms. The Kier molecular flexibility index (Phi) is 6.42. The second kappa shape index (κ2) is 9.65. The first-order valence-corrected chi connectivity index (χ1v) is 12.6. The summed E-state index contributed by atoms with van der Waals surface area (Å²) in [5.41, 5.74) is 4.16. The number of aromatic nitrogens is 1. The predicted octanol–water partition coefficient (Wildman–Crippen LogP) is 5.10. The molecule has 0 radical (unpaired) electrons. The van der Waals surface area contributed by atoms with Gasteiger partial charge in [0.25, 0.3) is 11.8 Å². The Morgan fingerprint density at radius 2 is 1.74 bits per heavy atom. The minimum absolute atomic E-state index is 0.0314. The highest BCUT2D eigenvalue weighted by Crippen LogP contribution is 2.28. The quantitative estimate of drug-likeness (QED) is 0.256. The maximum atomic E-state index is 13.6. The van der Waals surface area contributed by atoms with Crippen LogP contribution in [0.25, 0.3) is 10.9 Å². The smallest absolute Gasteiger partial charge is 0.257 e. The van der Waals surface area contributed by atoms with Gasteiger partial charge in [0.1, 0.15) is 6.04 Å². The molecule has 6 nitrogen and oxygen atoms in total. The van der Waals surface area contributed by atoms with Crippen LogP contribution in [0, 0.1) is 10.5 Å². The van der Waals surface area contributed by atoms with Gasteiger partial charge >= 0.3 is 0 Å². The SMILES string of the molecule is Cc1ccc(C(=O)N(CCc2c[nH]c3ccccc23)C2CC(=O)N(c3ccc(I)cc3)C2=O)cc1. The number of aromatic amines is 1. The van der Waals surface area contributed by atoms with Crippen LogP contribution in [-0.4, -0.2) is 40.2 Å². The molecule has 2 heterocycles. The van der Waals surface area contributed by atoms with Gasteiger partial charge in [-0.05, 0) is 84.0 Å². The number of halogens is 1. The number of carbonyl (C=O) groups excluding carboxylic acids is 3. The minimum Gasteiger partial charge on any atom is -0.361 e. The summed E-state index contributed by atoms with van der Waals surface area (Å²) in [6, 6.07) is 21.7. The fraction of sp³-hybridized carbons (Fsp3) is 0.179. The number of rotatable bonds is 6. The average molecular weight is 577 g/mol. The van der Waals surface area contributed by atoms with Gasteiger partial charge in [0.2, 0.25) is 5.91 Å². The Morgan fingerprint density at radius 1 is 1.03 bits per heavy atom. The second-order valence-corrected chi connectivity index (χ2v) is 9.98. The van der Waals surface area contributed by atoms with Gasteiger partial charge in [-0.15, -0.1) is 0 Å². The third-order valence-corrected chi connectivity index (χ3v) is 7.16. The minimum atomic E-state index is -0.846. The molecule has 5 rings (SSSR count). The van der Waals surface area contributed by atoms with E-state index in [1.54, 1.807) is 29.2 Å². The van der Waals surface area contributed by atoms with Gasteiger partial charge in [-0.25, -0.2) is 4.90 Å². The molecule has 1 N–H and O–H groups in total. The van der Waals surface area contributed by atoms with E-state index >= 15 is 0 Å². The molecule has 176 valence electrons. The third-order valence-electron chi connectivity index (χ3n) is 6.44. The number of carbonyl (C=O) groups is 3. The van der Waals surface area contributed by atoms with Crippen LogP contribution < -0.4 is 4.90 Å². The molecule has 1 saturated heterocycles. The number of amides is 3. The lowest BCUT2D eigenvalue weighted by Crippen LogP contribution is -2.46. The molecule has 4 aromatic rings. The van der Waals surface area contributed by atoms with E-state index in [9.17, 15) is 14.4 Å². The highest BCUT2D eigenvalue weighted by molar-refractivity contribution is 14.1. The maximum Gasteiger partial charge on any atom is 0.257 e. The standard InChI is InChI=1S/C28H24IN3O3/c1-18-6-8-19(9-7-18)27(34)31(15-14-20-17-30-24-5-3-2-4-23(20)24)25-16-26(33)32(28(25)35)22-12-10-21(29)11-13-22/h2-13,17,25,30H,14-16H2,1H3. The Balaban J connectivity index is 1.46. The van der Waals surface area contributed by atoms with Gasteiger partial charge in [-0.1, -0.05) is 35.9 Å². The molecule has 1 unspecified atom stereocenters. The lowest BCUT2D eigenvalue weighted by Gasteiger charge is -2.28. The maximum absolute atomic E-state index is 13.6. The van der Waals surface area contributed by atoms with Crippen molar-refractivity contribution in [3.8, 4) is 0 Å². The van der Waals surface area contributed by atoms with E-state index in [4.69, 9.17) is 0 Å². The summed E-state index contributed by atoms with van der Waals surface area (Å²) in [6.07, 6.45) is 2.47. The van der Waals surface area contributed by atoms with Crippen LogP contribution >= 0.6 is 22.6 Å². The average Bonchev–Trinajstić information content (AvgIpc) is 3.40. The summed E-state index contributed by atoms with van der Waals surface area (Å²) >= 11 is 2.18. The first-order chi connectivity index (χ1) is 16.9. The van der Waals surface area contributed by atoms with E-state index in [0.29, 0.717) is 24.2 Å². The van der Waals surface area contributed by atoms with Crippen molar-refractivity contribution < 1.29 is 14.4 Å². The number of imide groups is 1. The predicted molar refractivity (Wildman–Crippen MR) is 144 cm³/mol. The zero-order valence-electron chi connectivity index (χ0n) is 19.2. The van der Waals surface area contributed by atoms with Gasteiger partial charge in [-0.2, -0.15) is 0 Å². The molecule has 3 aromatic carbocycles. The molecule has 0 saturated carbocycles. The summed E-state index contributed by atoms with van der Waals surface area (Å²) in [4.78, 5) is 46.2. The number of hydrogen-bond acceptors (Lipinski definition) is 3. The molecular formula is C28H24IN3O3. The first kappa shape index (κ1) is 23.3.